The van der Waals surface area contributed by atoms with Gasteiger partial charge in [-0.3, -0.25) is 9.59 Å². The molecule has 2 atom stereocenters. The lowest BCUT2D eigenvalue weighted by Crippen LogP contribution is -2.53. The van der Waals surface area contributed by atoms with Gasteiger partial charge in [0.1, 0.15) is 12.6 Å². The molecule has 34 heavy (non-hydrogen) atoms. The van der Waals surface area contributed by atoms with Gasteiger partial charge in [0, 0.05) is 26.7 Å². The number of nitrogens with zero attached hydrogens (tertiary/aromatic N) is 3. The number of nitrogens with one attached hydrogen (secondary N) is 1. The Bertz CT molecular complexity index is 1070. The molecule has 0 fully saturated rings. The lowest BCUT2D eigenvalue weighted by Gasteiger charge is -2.33. The molecule has 0 radical (unpaired) electrons. The van der Waals surface area contributed by atoms with Crippen molar-refractivity contribution in [2.75, 3.05) is 24.9 Å². The summed E-state index contributed by atoms with van der Waals surface area (Å²) in [4.78, 5) is 28.0. The van der Waals surface area contributed by atoms with Crippen molar-refractivity contribution in [2.24, 2.45) is 0 Å². The zero-order valence-corrected chi connectivity index (χ0v) is 21.7. The van der Waals surface area contributed by atoms with E-state index in [0.717, 1.165) is 26.2 Å². The second-order valence-electron chi connectivity index (χ2n) is 8.64. The number of aryl methyl sites for hydroxylation is 1. The van der Waals surface area contributed by atoms with E-state index in [1.807, 2.05) is 45.0 Å². The molecule has 0 heterocycles. The van der Waals surface area contributed by atoms with Gasteiger partial charge in [-0.05, 0) is 44.9 Å². The van der Waals surface area contributed by atoms with E-state index >= 15 is 0 Å². The van der Waals surface area contributed by atoms with Gasteiger partial charge in [0.2, 0.25) is 11.8 Å². The van der Waals surface area contributed by atoms with Gasteiger partial charge in [-0.15, -0.1) is 0 Å². The van der Waals surface area contributed by atoms with Crippen LogP contribution in [0.2, 0.25) is 0 Å². The van der Waals surface area contributed by atoms with Gasteiger partial charge in [0.15, 0.2) is 0 Å². The molecule has 2 aromatic carbocycles. The number of carbonyl (C=O) groups excluding carboxylic acids is 2. The van der Waals surface area contributed by atoms with Crippen molar-refractivity contribution >= 4 is 27.7 Å². The molecule has 9 heteroatoms. The van der Waals surface area contributed by atoms with Crippen molar-refractivity contribution < 1.29 is 18.0 Å². The molecular formula is C25H36N4O4S. The van der Waals surface area contributed by atoms with Crippen molar-refractivity contribution in [1.82, 2.24) is 14.5 Å². The summed E-state index contributed by atoms with van der Waals surface area (Å²) in [5.41, 5.74) is 2.26. The molecule has 0 aliphatic heterocycles. The van der Waals surface area contributed by atoms with Gasteiger partial charge >= 0.3 is 10.2 Å². The van der Waals surface area contributed by atoms with Crippen molar-refractivity contribution in [3.8, 4) is 0 Å². The summed E-state index contributed by atoms with van der Waals surface area (Å²) in [6, 6.07) is 15.3. The zero-order valence-electron chi connectivity index (χ0n) is 20.9. The minimum atomic E-state index is -3.95. The number of amides is 2. The molecule has 0 spiro atoms. The Morgan fingerprint density at radius 1 is 1.00 bits per heavy atom. The fourth-order valence-corrected chi connectivity index (χ4v) is 4.42. The third kappa shape index (κ3) is 7.04. The summed E-state index contributed by atoms with van der Waals surface area (Å²) in [6.45, 7) is 7.24. The van der Waals surface area contributed by atoms with Crippen molar-refractivity contribution in [3.05, 3.63) is 65.7 Å². The first-order chi connectivity index (χ1) is 16.0. The molecule has 0 aliphatic carbocycles. The van der Waals surface area contributed by atoms with Crippen molar-refractivity contribution in [2.45, 2.75) is 52.7 Å². The molecule has 0 saturated carbocycles. The molecule has 0 saturated heterocycles. The van der Waals surface area contributed by atoms with Crippen LogP contribution >= 0.6 is 0 Å². The number of benzene rings is 2. The predicted octanol–water partition coefficient (Wildman–Crippen LogP) is 2.94. The highest BCUT2D eigenvalue weighted by atomic mass is 32.2. The maximum absolute atomic E-state index is 13.6. The quantitative estimate of drug-likeness (QED) is 0.527. The molecule has 2 rings (SSSR count). The Morgan fingerprint density at radius 2 is 1.65 bits per heavy atom. The monoisotopic (exact) mass is 488 g/mol. The van der Waals surface area contributed by atoms with E-state index in [-0.39, 0.29) is 18.5 Å². The number of anilines is 1. The Hall–Kier alpha value is -2.91. The van der Waals surface area contributed by atoms with Crippen LogP contribution in [0.5, 0.6) is 0 Å². The van der Waals surface area contributed by atoms with Crippen LogP contribution in [0.4, 0.5) is 5.69 Å². The minimum Gasteiger partial charge on any atom is -0.352 e. The highest BCUT2D eigenvalue weighted by molar-refractivity contribution is 7.90. The van der Waals surface area contributed by atoms with Crippen LogP contribution < -0.4 is 9.62 Å². The molecular weight excluding hydrogens is 452 g/mol. The third-order valence-electron chi connectivity index (χ3n) is 5.67. The van der Waals surface area contributed by atoms with E-state index in [4.69, 9.17) is 0 Å². The molecule has 0 aliphatic rings. The van der Waals surface area contributed by atoms with E-state index in [9.17, 15) is 18.0 Å². The van der Waals surface area contributed by atoms with Crippen molar-refractivity contribution in [3.63, 3.8) is 0 Å². The molecule has 8 nitrogen and oxygen atoms in total. The first-order valence-corrected chi connectivity index (χ1v) is 12.8. The summed E-state index contributed by atoms with van der Waals surface area (Å²) in [7, 11) is -1.11. The minimum absolute atomic E-state index is 0.0409. The molecule has 0 unspecified atom stereocenters. The van der Waals surface area contributed by atoms with Gasteiger partial charge in [0.25, 0.3) is 0 Å². The Labute approximate surface area is 203 Å². The van der Waals surface area contributed by atoms with Crippen LogP contribution in [0.1, 0.15) is 38.3 Å². The smallest absolute Gasteiger partial charge is 0.304 e. The lowest BCUT2D eigenvalue weighted by atomic mass is 10.1. The number of hydrogen-bond acceptors (Lipinski definition) is 4. The van der Waals surface area contributed by atoms with Crippen LogP contribution in [0.25, 0.3) is 0 Å². The number of rotatable bonds is 11. The maximum atomic E-state index is 13.6. The second kappa shape index (κ2) is 12.0. The van der Waals surface area contributed by atoms with Gasteiger partial charge < -0.3 is 10.2 Å². The number of hydrogen-bond donors (Lipinski definition) is 1. The van der Waals surface area contributed by atoms with Crippen LogP contribution in [-0.2, 0) is 26.3 Å². The van der Waals surface area contributed by atoms with Gasteiger partial charge in [0.05, 0.1) is 5.69 Å². The van der Waals surface area contributed by atoms with Gasteiger partial charge in [-0.1, -0.05) is 55.0 Å². The Morgan fingerprint density at radius 3 is 2.21 bits per heavy atom. The Kier molecular flexibility index (Phi) is 9.64. The fourth-order valence-electron chi connectivity index (χ4n) is 3.37. The van der Waals surface area contributed by atoms with Crippen LogP contribution in [0.15, 0.2) is 54.6 Å². The summed E-state index contributed by atoms with van der Waals surface area (Å²) >= 11 is 0. The summed E-state index contributed by atoms with van der Waals surface area (Å²) < 4.78 is 28.3. The maximum Gasteiger partial charge on any atom is 0.304 e. The summed E-state index contributed by atoms with van der Waals surface area (Å²) in [5.74, 6) is -0.750. The lowest BCUT2D eigenvalue weighted by molar-refractivity contribution is -0.139. The Balaban J connectivity index is 2.42. The van der Waals surface area contributed by atoms with E-state index in [0.29, 0.717) is 5.69 Å². The van der Waals surface area contributed by atoms with Crippen LogP contribution in [0.3, 0.4) is 0 Å². The number of carbonyl (C=O) groups is 2. The highest BCUT2D eigenvalue weighted by Gasteiger charge is 2.32. The molecule has 0 aromatic heterocycles. The molecule has 2 aromatic rings. The topological polar surface area (TPSA) is 90.0 Å². The second-order valence-corrected chi connectivity index (χ2v) is 10.7. The molecule has 2 amide bonds. The first kappa shape index (κ1) is 27.3. The molecule has 1 N–H and O–H groups in total. The fraction of sp³-hybridized carbons (Fsp3) is 0.440. The average molecular weight is 489 g/mol. The third-order valence-corrected chi connectivity index (χ3v) is 7.49. The summed E-state index contributed by atoms with van der Waals surface area (Å²) in [5, 5.41) is 2.92. The molecule has 186 valence electrons. The predicted molar refractivity (Wildman–Crippen MR) is 135 cm³/mol. The average Bonchev–Trinajstić information content (AvgIpc) is 2.80. The highest BCUT2D eigenvalue weighted by Crippen LogP contribution is 2.20. The van der Waals surface area contributed by atoms with Crippen LogP contribution in [-0.4, -0.2) is 62.2 Å². The van der Waals surface area contributed by atoms with Gasteiger partial charge in [-0.2, -0.15) is 12.7 Å². The van der Waals surface area contributed by atoms with Crippen LogP contribution in [0, 0.1) is 6.92 Å². The summed E-state index contributed by atoms with van der Waals surface area (Å²) in [6.07, 6.45) is 0.757. The normalized spacial score (nSPS) is 13.3. The zero-order chi connectivity index (χ0) is 25.5. The van der Waals surface area contributed by atoms with E-state index in [1.165, 1.54) is 19.0 Å². The van der Waals surface area contributed by atoms with E-state index < -0.39 is 28.7 Å². The van der Waals surface area contributed by atoms with Crippen molar-refractivity contribution in [1.29, 1.82) is 0 Å². The number of para-hydroxylation sites is 1. The first-order valence-electron chi connectivity index (χ1n) is 11.4. The standard InChI is InChI=1S/C25H36N4O4S/c1-7-20(3)26-25(31)21(4)28(17-22-13-11-12-19(2)16-22)24(30)18-29(34(32,33)27(5)6)23-14-9-8-10-15-23/h8-16,20-21H,7,17-18H2,1-6H3,(H,26,31)/t20-,21-/m1/s1. The largest absolute Gasteiger partial charge is 0.352 e. The SMILES string of the molecule is CC[C@@H](C)NC(=O)[C@@H](C)N(Cc1cccc(C)c1)C(=O)CN(c1ccccc1)S(=O)(=O)N(C)C. The molecule has 0 bridgehead atoms. The van der Waals surface area contributed by atoms with E-state index in [1.54, 1.807) is 37.3 Å². The van der Waals surface area contributed by atoms with Gasteiger partial charge in [-0.25, -0.2) is 4.31 Å². The van der Waals surface area contributed by atoms with E-state index in [2.05, 4.69) is 5.32 Å².